The van der Waals surface area contributed by atoms with Crippen molar-refractivity contribution < 1.29 is 17.6 Å². The minimum absolute atomic E-state index is 0.109. The predicted molar refractivity (Wildman–Crippen MR) is 126 cm³/mol. The van der Waals surface area contributed by atoms with E-state index in [1.807, 2.05) is 22.7 Å². The molecule has 0 amide bonds. The minimum Gasteiger partial charge on any atom is -0.367 e. The zero-order valence-electron chi connectivity index (χ0n) is 22.5. The first-order valence-electron chi connectivity index (χ1n) is 13.0. The van der Waals surface area contributed by atoms with Crippen molar-refractivity contribution in [2.75, 3.05) is 18.0 Å². The lowest BCUT2D eigenvalue weighted by molar-refractivity contribution is -0.0178. The van der Waals surface area contributed by atoms with E-state index in [0.29, 0.717) is 30.5 Å². The summed E-state index contributed by atoms with van der Waals surface area (Å²) in [4.78, 5) is 20.1. The first-order chi connectivity index (χ1) is 18.1. The summed E-state index contributed by atoms with van der Waals surface area (Å²) in [5.41, 5.74) is 1.79. The molecular weight excluding hydrogens is 452 g/mol. The third kappa shape index (κ3) is 4.12. The van der Waals surface area contributed by atoms with Gasteiger partial charge in [0.1, 0.15) is 28.9 Å². The molecule has 2 fully saturated rings. The van der Waals surface area contributed by atoms with Crippen LogP contribution in [0.5, 0.6) is 0 Å². The van der Waals surface area contributed by atoms with E-state index >= 15 is 4.39 Å². The Labute approximate surface area is 205 Å². The molecule has 2 aliphatic rings. The van der Waals surface area contributed by atoms with Gasteiger partial charge >= 0.3 is 0 Å². The van der Waals surface area contributed by atoms with Gasteiger partial charge in [0.05, 0.1) is 40.4 Å². The van der Waals surface area contributed by atoms with Crippen molar-refractivity contribution in [1.82, 2.24) is 29.7 Å². The first-order valence-corrected chi connectivity index (χ1v) is 11.5. The number of rotatable bonds is 4. The van der Waals surface area contributed by atoms with Crippen LogP contribution >= 0.6 is 0 Å². The molecule has 0 radical (unpaired) electrons. The molecular formula is C25H25F2N7O. The quantitative estimate of drug-likeness (QED) is 0.426. The highest BCUT2D eigenvalue weighted by Crippen LogP contribution is 2.36. The second kappa shape index (κ2) is 8.30. The Balaban J connectivity index is 1.49. The molecule has 1 saturated carbocycles. The Morgan fingerprint density at radius 1 is 1.06 bits per heavy atom. The highest BCUT2D eigenvalue weighted by molar-refractivity contribution is 5.88. The zero-order chi connectivity index (χ0) is 26.9. The van der Waals surface area contributed by atoms with E-state index in [2.05, 4.69) is 25.0 Å². The Morgan fingerprint density at radius 3 is 2.66 bits per heavy atom. The molecule has 0 spiro atoms. The number of halogens is 2. The van der Waals surface area contributed by atoms with Gasteiger partial charge in [-0.25, -0.2) is 23.7 Å². The van der Waals surface area contributed by atoms with Crippen LogP contribution in [0.2, 0.25) is 0 Å². The monoisotopic (exact) mass is 480 g/mol. The number of aromatic nitrogens is 6. The number of hydrogen-bond acceptors (Lipinski definition) is 7. The summed E-state index contributed by atoms with van der Waals surface area (Å²) in [6.07, 6.45) is 5.51. The summed E-state index contributed by atoms with van der Waals surface area (Å²) in [6, 6.07) is -2.27. The average molecular weight is 481 g/mol. The van der Waals surface area contributed by atoms with Crippen molar-refractivity contribution in [3.05, 3.63) is 59.1 Å². The fourth-order valence-electron chi connectivity index (χ4n) is 4.30. The van der Waals surface area contributed by atoms with Gasteiger partial charge in [0.25, 0.3) is 0 Å². The largest absolute Gasteiger partial charge is 0.367 e. The summed E-state index contributed by atoms with van der Waals surface area (Å²) in [6.45, 7) is 6.25. The van der Waals surface area contributed by atoms with Gasteiger partial charge in [-0.05, 0) is 45.7 Å². The highest BCUT2D eigenvalue weighted by Gasteiger charge is 2.32. The molecule has 8 nitrogen and oxygen atoms in total. The van der Waals surface area contributed by atoms with Crippen molar-refractivity contribution in [2.45, 2.75) is 51.9 Å². The van der Waals surface area contributed by atoms with Crippen LogP contribution in [0.3, 0.4) is 0 Å². The summed E-state index contributed by atoms with van der Waals surface area (Å²) >= 11 is 0. The molecule has 1 aliphatic heterocycles. The zero-order valence-corrected chi connectivity index (χ0v) is 19.5. The molecule has 6 rings (SSSR count). The number of anilines is 1. The molecule has 0 N–H and O–H groups in total. The molecule has 0 unspecified atom stereocenters. The summed E-state index contributed by atoms with van der Waals surface area (Å²) in [5, 5.41) is 4.47. The standard InChI is InChI=1S/C25H25F2N7O/c1-13-10-33(12-21(35-13)16-9-28-34(11-16)18-5-6-18)25-31-22(19-7-4-17(26)8-20(19)27)23-24(32-25)30-15(3)14(2)29-23/h4,7-9,11,13,18,21H,5-6,10,12H2,1-3H3/t13-,21+/m0/s1/i4D,7D,8D. The maximum absolute atomic E-state index is 15.3. The van der Waals surface area contributed by atoms with Gasteiger partial charge in [-0.3, -0.25) is 4.68 Å². The Morgan fingerprint density at radius 2 is 1.86 bits per heavy atom. The van der Waals surface area contributed by atoms with Gasteiger partial charge in [-0.15, -0.1) is 0 Å². The number of aryl methyl sites for hydroxylation is 2. The van der Waals surface area contributed by atoms with Crippen LogP contribution in [0.15, 0.2) is 30.5 Å². The van der Waals surface area contributed by atoms with Crippen LogP contribution in [0, 0.1) is 25.5 Å². The Kier molecular flexibility index (Phi) is 4.45. The Hall–Kier alpha value is -3.53. The molecule has 4 heterocycles. The van der Waals surface area contributed by atoms with Crippen molar-refractivity contribution in [1.29, 1.82) is 0 Å². The minimum atomic E-state index is -1.40. The number of fused-ring (bicyclic) bond motifs is 1. The number of benzene rings is 1. The molecule has 10 heteroatoms. The number of ether oxygens (including phenoxy) is 1. The average Bonchev–Trinajstić information content (AvgIpc) is 3.63. The maximum atomic E-state index is 15.3. The van der Waals surface area contributed by atoms with E-state index in [1.54, 1.807) is 20.0 Å². The lowest BCUT2D eigenvalue weighted by Gasteiger charge is -2.36. The van der Waals surface area contributed by atoms with Crippen LogP contribution in [-0.4, -0.2) is 48.9 Å². The molecule has 1 saturated heterocycles. The predicted octanol–water partition coefficient (Wildman–Crippen LogP) is 4.48. The van der Waals surface area contributed by atoms with Gasteiger partial charge in [-0.1, -0.05) is 0 Å². The Bertz CT molecular complexity index is 1560. The third-order valence-corrected chi connectivity index (χ3v) is 6.36. The fourth-order valence-corrected chi connectivity index (χ4v) is 4.30. The van der Waals surface area contributed by atoms with E-state index in [1.165, 1.54) is 0 Å². The third-order valence-electron chi connectivity index (χ3n) is 6.36. The summed E-state index contributed by atoms with van der Waals surface area (Å²) in [7, 11) is 0. The van der Waals surface area contributed by atoms with Crippen molar-refractivity contribution in [3.8, 4) is 11.3 Å². The van der Waals surface area contributed by atoms with Gasteiger partial charge in [0.2, 0.25) is 5.95 Å². The highest BCUT2D eigenvalue weighted by atomic mass is 19.1. The van der Waals surface area contributed by atoms with E-state index in [9.17, 15) is 4.39 Å². The summed E-state index contributed by atoms with van der Waals surface area (Å²) < 4.78 is 61.8. The summed E-state index contributed by atoms with van der Waals surface area (Å²) in [5.74, 6) is -2.47. The molecule has 1 aliphatic carbocycles. The molecule has 3 aromatic heterocycles. The lowest BCUT2D eigenvalue weighted by atomic mass is 10.1. The fraction of sp³-hybridized carbons (Fsp3) is 0.400. The van der Waals surface area contributed by atoms with Crippen molar-refractivity contribution in [2.24, 2.45) is 0 Å². The SMILES string of the molecule is [2H]c1c([2H])c(-c2nc(N3C[C@H](C)O[C@@H](c4cnn(C5CC5)c4)C3)nc3nc(C)c(C)nc23)c(F)c([2H])c1F. The second-order valence-electron chi connectivity index (χ2n) is 9.14. The van der Waals surface area contributed by atoms with Gasteiger partial charge in [0.15, 0.2) is 5.65 Å². The van der Waals surface area contributed by atoms with Gasteiger partial charge in [-0.2, -0.15) is 10.1 Å². The number of nitrogens with zero attached hydrogens (tertiary/aromatic N) is 7. The number of hydrogen-bond donors (Lipinski definition) is 0. The van der Waals surface area contributed by atoms with Crippen LogP contribution in [0.1, 0.15) is 53.0 Å². The van der Waals surface area contributed by atoms with Crippen LogP contribution in [0.25, 0.3) is 22.4 Å². The van der Waals surface area contributed by atoms with E-state index in [0.717, 1.165) is 18.4 Å². The van der Waals surface area contributed by atoms with Gasteiger partial charge in [0, 0.05) is 29.9 Å². The van der Waals surface area contributed by atoms with Crippen LogP contribution in [-0.2, 0) is 4.74 Å². The number of morpholine rings is 1. The second-order valence-corrected chi connectivity index (χ2v) is 9.14. The van der Waals surface area contributed by atoms with Crippen LogP contribution in [0.4, 0.5) is 14.7 Å². The van der Waals surface area contributed by atoms with Crippen LogP contribution < -0.4 is 4.90 Å². The van der Waals surface area contributed by atoms with Gasteiger partial charge < -0.3 is 9.64 Å². The molecule has 4 aromatic rings. The van der Waals surface area contributed by atoms with Crippen molar-refractivity contribution >= 4 is 17.1 Å². The van der Waals surface area contributed by atoms with Crippen molar-refractivity contribution in [3.63, 3.8) is 0 Å². The van der Waals surface area contributed by atoms with E-state index < -0.39 is 35.3 Å². The topological polar surface area (TPSA) is 81.9 Å². The molecule has 180 valence electrons. The van der Waals surface area contributed by atoms with E-state index in [-0.39, 0.29) is 35.0 Å². The normalized spacial score (nSPS) is 21.7. The molecule has 2 atom stereocenters. The first kappa shape index (κ1) is 18.8. The lowest BCUT2D eigenvalue weighted by Crippen LogP contribution is -2.43. The molecule has 0 bridgehead atoms. The molecule has 1 aromatic carbocycles. The van der Waals surface area contributed by atoms with E-state index in [4.69, 9.17) is 8.85 Å². The smallest absolute Gasteiger partial charge is 0.228 e. The molecule has 35 heavy (non-hydrogen) atoms. The maximum Gasteiger partial charge on any atom is 0.228 e.